The number of aromatic amines is 1. The van der Waals surface area contributed by atoms with Gasteiger partial charge in [0, 0.05) is 11.6 Å². The molecule has 0 aliphatic heterocycles. The van der Waals surface area contributed by atoms with Crippen molar-refractivity contribution >= 4 is 40.6 Å². The number of nitrogens with zero attached hydrogens (tertiary/aromatic N) is 3. The lowest BCUT2D eigenvalue weighted by Gasteiger charge is -2.02. The summed E-state index contributed by atoms with van der Waals surface area (Å²) in [7, 11) is 1.36. The van der Waals surface area contributed by atoms with E-state index in [2.05, 4.69) is 20.5 Å². The highest BCUT2D eigenvalue weighted by molar-refractivity contribution is 7.99. The van der Waals surface area contributed by atoms with Crippen molar-refractivity contribution in [1.29, 1.82) is 0 Å². The van der Waals surface area contributed by atoms with E-state index in [0.29, 0.717) is 10.7 Å². The fourth-order valence-electron chi connectivity index (χ4n) is 2.27. The number of hydrazone groups is 1. The number of hydrogen-bond donors (Lipinski definition) is 2. The molecular weight excluding hydrogens is 370 g/mol. The van der Waals surface area contributed by atoms with Crippen molar-refractivity contribution < 1.29 is 14.5 Å². The number of rotatable bonds is 7. The number of carbonyl (C=O) groups is 1. The van der Waals surface area contributed by atoms with E-state index in [9.17, 15) is 14.9 Å². The number of amides is 1. The summed E-state index contributed by atoms with van der Waals surface area (Å²) in [6.07, 6.45) is 1.33. The largest absolute Gasteiger partial charge is 0.490 e. The van der Waals surface area contributed by atoms with E-state index in [1.165, 1.54) is 37.2 Å². The van der Waals surface area contributed by atoms with Crippen molar-refractivity contribution in [3.05, 3.63) is 58.1 Å². The van der Waals surface area contributed by atoms with Crippen LogP contribution in [-0.2, 0) is 4.79 Å². The molecular formula is C17H15N5O4S. The number of aromatic nitrogens is 2. The van der Waals surface area contributed by atoms with Crippen molar-refractivity contribution in [3.63, 3.8) is 0 Å². The predicted molar refractivity (Wildman–Crippen MR) is 102 cm³/mol. The van der Waals surface area contributed by atoms with Crippen molar-refractivity contribution in [2.75, 3.05) is 12.9 Å². The average molecular weight is 385 g/mol. The minimum atomic E-state index is -0.543. The molecule has 0 unspecified atom stereocenters. The second-order valence-electron chi connectivity index (χ2n) is 5.33. The molecule has 1 amide bonds. The summed E-state index contributed by atoms with van der Waals surface area (Å²) >= 11 is 1.25. The smallest absolute Gasteiger partial charge is 0.311 e. The third-order valence-corrected chi connectivity index (χ3v) is 4.38. The van der Waals surface area contributed by atoms with Gasteiger partial charge < -0.3 is 9.72 Å². The van der Waals surface area contributed by atoms with Crippen LogP contribution in [0.5, 0.6) is 5.75 Å². The summed E-state index contributed by atoms with van der Waals surface area (Å²) < 4.78 is 4.93. The van der Waals surface area contributed by atoms with Crippen LogP contribution >= 0.6 is 11.8 Å². The lowest BCUT2D eigenvalue weighted by molar-refractivity contribution is -0.385. The molecule has 3 rings (SSSR count). The van der Waals surface area contributed by atoms with Crippen LogP contribution < -0.4 is 10.2 Å². The first-order valence-corrected chi connectivity index (χ1v) is 8.77. The fourth-order valence-corrected chi connectivity index (χ4v) is 2.95. The second-order valence-corrected chi connectivity index (χ2v) is 6.29. The highest BCUT2D eigenvalue weighted by Crippen LogP contribution is 2.26. The second kappa shape index (κ2) is 8.32. The van der Waals surface area contributed by atoms with E-state index >= 15 is 0 Å². The molecule has 1 heterocycles. The number of H-pyrrole nitrogens is 1. The number of methoxy groups -OCH3 is 1. The third-order valence-electron chi connectivity index (χ3n) is 3.51. The van der Waals surface area contributed by atoms with E-state index in [1.807, 2.05) is 24.3 Å². The highest BCUT2D eigenvalue weighted by Gasteiger charge is 2.14. The zero-order valence-corrected chi connectivity index (χ0v) is 15.0. The van der Waals surface area contributed by atoms with Gasteiger partial charge in [-0.15, -0.1) is 0 Å². The summed E-state index contributed by atoms with van der Waals surface area (Å²) in [5, 5.41) is 15.5. The van der Waals surface area contributed by atoms with Gasteiger partial charge in [0.25, 0.3) is 5.91 Å². The molecule has 0 spiro atoms. The van der Waals surface area contributed by atoms with Crippen LogP contribution in [0.3, 0.4) is 0 Å². The molecule has 0 bridgehead atoms. The number of nitro benzene ring substituents is 1. The van der Waals surface area contributed by atoms with Gasteiger partial charge in [-0.25, -0.2) is 10.4 Å². The van der Waals surface area contributed by atoms with Gasteiger partial charge in [0.05, 0.1) is 35.0 Å². The molecule has 0 radical (unpaired) electrons. The maximum absolute atomic E-state index is 11.9. The zero-order valence-electron chi connectivity index (χ0n) is 14.2. The van der Waals surface area contributed by atoms with Crippen LogP contribution in [0.1, 0.15) is 5.56 Å². The van der Waals surface area contributed by atoms with Crippen LogP contribution in [0.15, 0.2) is 52.7 Å². The Morgan fingerprint density at radius 1 is 1.41 bits per heavy atom. The summed E-state index contributed by atoms with van der Waals surface area (Å²) in [6.45, 7) is 0. The number of para-hydroxylation sites is 2. The molecule has 0 saturated heterocycles. The van der Waals surface area contributed by atoms with Gasteiger partial charge in [0.2, 0.25) is 0 Å². The number of thioether (sulfide) groups is 1. The van der Waals surface area contributed by atoms with Crippen LogP contribution in [0.25, 0.3) is 11.0 Å². The Morgan fingerprint density at radius 3 is 2.96 bits per heavy atom. The Labute approximate surface area is 158 Å². The fraction of sp³-hybridized carbons (Fsp3) is 0.118. The molecule has 2 aromatic carbocycles. The van der Waals surface area contributed by atoms with Gasteiger partial charge in [0.1, 0.15) is 0 Å². The van der Waals surface area contributed by atoms with Gasteiger partial charge in [-0.2, -0.15) is 5.10 Å². The Hall–Kier alpha value is -3.40. The maximum atomic E-state index is 11.9. The number of imidazole rings is 1. The van der Waals surface area contributed by atoms with E-state index in [-0.39, 0.29) is 23.1 Å². The number of benzene rings is 2. The molecule has 27 heavy (non-hydrogen) atoms. The van der Waals surface area contributed by atoms with Crippen molar-refractivity contribution in [1.82, 2.24) is 15.4 Å². The number of fused-ring (bicyclic) bond motifs is 1. The van der Waals surface area contributed by atoms with Gasteiger partial charge in [-0.3, -0.25) is 14.9 Å². The molecule has 9 nitrogen and oxygen atoms in total. The monoisotopic (exact) mass is 385 g/mol. The van der Waals surface area contributed by atoms with Crippen LogP contribution in [-0.4, -0.2) is 39.9 Å². The van der Waals surface area contributed by atoms with Crippen molar-refractivity contribution in [2.45, 2.75) is 5.16 Å². The standard InChI is InChI=1S/C17H15N5O4S/c1-26-15-7-6-11(8-14(15)22(24)25)9-18-21-16(23)10-27-17-19-12-4-2-3-5-13(12)20-17/h2-9H,10H2,1H3,(H,19,20)(H,21,23)/b18-9-. The van der Waals surface area contributed by atoms with E-state index in [1.54, 1.807) is 6.07 Å². The molecule has 3 aromatic rings. The number of nitro groups is 1. The number of carbonyl (C=O) groups excluding carboxylic acids is 1. The Bertz CT molecular complexity index is 984. The molecule has 0 atom stereocenters. The molecule has 1 aromatic heterocycles. The zero-order chi connectivity index (χ0) is 19.2. The SMILES string of the molecule is COc1ccc(/C=N\NC(=O)CSc2nc3ccccc3[nH]2)cc1[N+](=O)[O-]. The average Bonchev–Trinajstić information content (AvgIpc) is 3.09. The minimum Gasteiger partial charge on any atom is -0.490 e. The molecule has 0 aliphatic carbocycles. The lowest BCUT2D eigenvalue weighted by atomic mass is 10.2. The van der Waals surface area contributed by atoms with Gasteiger partial charge in [-0.05, 0) is 24.3 Å². The summed E-state index contributed by atoms with van der Waals surface area (Å²) in [4.78, 5) is 29.8. The quantitative estimate of drug-likeness (QED) is 0.279. The third kappa shape index (κ3) is 4.61. The maximum Gasteiger partial charge on any atom is 0.311 e. The molecule has 2 N–H and O–H groups in total. The van der Waals surface area contributed by atoms with E-state index < -0.39 is 4.92 Å². The van der Waals surface area contributed by atoms with Crippen molar-refractivity contribution in [3.8, 4) is 5.75 Å². The number of nitrogens with one attached hydrogen (secondary N) is 2. The minimum absolute atomic E-state index is 0.125. The first-order valence-electron chi connectivity index (χ1n) is 7.78. The number of ether oxygens (including phenoxy) is 1. The van der Waals surface area contributed by atoms with Crippen molar-refractivity contribution in [2.24, 2.45) is 5.10 Å². The Morgan fingerprint density at radius 2 is 2.22 bits per heavy atom. The Balaban J connectivity index is 1.55. The first kappa shape index (κ1) is 18.4. The van der Waals surface area contributed by atoms with E-state index in [4.69, 9.17) is 4.74 Å². The van der Waals surface area contributed by atoms with Gasteiger partial charge >= 0.3 is 5.69 Å². The van der Waals surface area contributed by atoms with Crippen LogP contribution in [0, 0.1) is 10.1 Å². The lowest BCUT2D eigenvalue weighted by Crippen LogP contribution is -2.19. The van der Waals surface area contributed by atoms with Crippen LogP contribution in [0.4, 0.5) is 5.69 Å². The highest BCUT2D eigenvalue weighted by atomic mass is 32.2. The Kier molecular flexibility index (Phi) is 5.67. The predicted octanol–water partition coefficient (Wildman–Crippen LogP) is 2.72. The molecule has 0 aliphatic rings. The topological polar surface area (TPSA) is 123 Å². The summed E-state index contributed by atoms with van der Waals surface area (Å²) in [5.74, 6) is -0.0388. The summed E-state index contributed by atoms with van der Waals surface area (Å²) in [5.41, 5.74) is 4.41. The molecule has 138 valence electrons. The molecule has 0 fully saturated rings. The van der Waals surface area contributed by atoms with E-state index in [0.717, 1.165) is 11.0 Å². The first-order chi connectivity index (χ1) is 13.1. The number of hydrogen-bond acceptors (Lipinski definition) is 7. The van der Waals surface area contributed by atoms with Gasteiger partial charge in [0.15, 0.2) is 10.9 Å². The van der Waals surface area contributed by atoms with Crippen LogP contribution in [0.2, 0.25) is 0 Å². The molecule has 0 saturated carbocycles. The van der Waals surface area contributed by atoms with Gasteiger partial charge in [-0.1, -0.05) is 23.9 Å². The summed E-state index contributed by atoms with van der Waals surface area (Å²) in [6, 6.07) is 12.0. The normalized spacial score (nSPS) is 11.0. The molecule has 10 heteroatoms.